The first-order valence-electron chi connectivity index (χ1n) is 7.06. The Morgan fingerprint density at radius 1 is 1.35 bits per heavy atom. The van der Waals surface area contributed by atoms with Gasteiger partial charge in [0.1, 0.15) is 18.5 Å². The van der Waals surface area contributed by atoms with Crippen molar-refractivity contribution in [3.8, 4) is 5.75 Å². The fourth-order valence-electron chi connectivity index (χ4n) is 2.59. The number of halogens is 1. The van der Waals surface area contributed by atoms with Gasteiger partial charge in [0.05, 0.1) is 6.61 Å². The summed E-state index contributed by atoms with van der Waals surface area (Å²) >= 11 is 3.38. The summed E-state index contributed by atoms with van der Waals surface area (Å²) in [5.41, 5.74) is -0.198. The van der Waals surface area contributed by atoms with Crippen molar-refractivity contribution >= 4 is 15.9 Å². The van der Waals surface area contributed by atoms with E-state index in [1.807, 2.05) is 24.3 Å². The number of rotatable bonds is 7. The van der Waals surface area contributed by atoms with Gasteiger partial charge in [-0.2, -0.15) is 0 Å². The molecule has 0 saturated heterocycles. The van der Waals surface area contributed by atoms with Crippen LogP contribution in [0.5, 0.6) is 5.75 Å². The van der Waals surface area contributed by atoms with Gasteiger partial charge in [-0.15, -0.1) is 0 Å². The van der Waals surface area contributed by atoms with Crippen LogP contribution in [-0.2, 0) is 0 Å². The van der Waals surface area contributed by atoms with Crippen molar-refractivity contribution in [1.82, 2.24) is 5.32 Å². The fraction of sp³-hybridized carbons (Fsp3) is 0.600. The Kier molecular flexibility index (Phi) is 5.84. The number of hydrogen-bond acceptors (Lipinski definition) is 4. The van der Waals surface area contributed by atoms with Gasteiger partial charge < -0.3 is 20.3 Å². The average Bonchev–Trinajstić information content (AvgIpc) is 2.92. The highest BCUT2D eigenvalue weighted by Crippen LogP contribution is 2.28. The summed E-state index contributed by atoms with van der Waals surface area (Å²) in [5, 5.41) is 22.8. The Labute approximate surface area is 128 Å². The molecule has 2 rings (SSSR count). The summed E-state index contributed by atoms with van der Waals surface area (Å²) in [7, 11) is 0. The van der Waals surface area contributed by atoms with Crippen LogP contribution < -0.4 is 10.1 Å². The monoisotopic (exact) mass is 343 g/mol. The predicted molar refractivity (Wildman–Crippen MR) is 81.9 cm³/mol. The molecule has 4 nitrogen and oxygen atoms in total. The van der Waals surface area contributed by atoms with E-state index in [-0.39, 0.29) is 18.8 Å². The molecule has 0 aliphatic heterocycles. The van der Waals surface area contributed by atoms with Gasteiger partial charge >= 0.3 is 0 Å². The summed E-state index contributed by atoms with van der Waals surface area (Å²) < 4.78 is 6.50. The van der Waals surface area contributed by atoms with Gasteiger partial charge in [-0.1, -0.05) is 34.8 Å². The highest BCUT2D eigenvalue weighted by molar-refractivity contribution is 9.10. The highest BCUT2D eigenvalue weighted by Gasteiger charge is 2.32. The smallest absolute Gasteiger partial charge is 0.120 e. The molecule has 1 aliphatic carbocycles. The largest absolute Gasteiger partial charge is 0.491 e. The van der Waals surface area contributed by atoms with E-state index in [4.69, 9.17) is 4.74 Å². The first-order valence-corrected chi connectivity index (χ1v) is 7.85. The maximum atomic E-state index is 9.97. The molecule has 1 saturated carbocycles. The predicted octanol–water partition coefficient (Wildman–Crippen LogP) is 2.08. The molecule has 0 heterocycles. The molecular formula is C15H22BrNO3. The van der Waals surface area contributed by atoms with Crippen LogP contribution in [0.2, 0.25) is 0 Å². The van der Waals surface area contributed by atoms with E-state index in [2.05, 4.69) is 21.2 Å². The third-order valence-electron chi connectivity index (χ3n) is 3.81. The lowest BCUT2D eigenvalue weighted by Gasteiger charge is -2.29. The lowest BCUT2D eigenvalue weighted by Crippen LogP contribution is -2.49. The Bertz CT molecular complexity index is 421. The van der Waals surface area contributed by atoms with Crippen LogP contribution in [0.1, 0.15) is 25.7 Å². The molecule has 1 unspecified atom stereocenters. The van der Waals surface area contributed by atoms with Gasteiger partial charge in [0.25, 0.3) is 0 Å². The maximum absolute atomic E-state index is 9.97. The highest BCUT2D eigenvalue weighted by atomic mass is 79.9. The molecule has 0 radical (unpaired) electrons. The normalized spacial score (nSPS) is 18.9. The van der Waals surface area contributed by atoms with E-state index >= 15 is 0 Å². The van der Waals surface area contributed by atoms with Crippen molar-refractivity contribution < 1.29 is 14.9 Å². The molecular weight excluding hydrogens is 322 g/mol. The van der Waals surface area contributed by atoms with Gasteiger partial charge in [0, 0.05) is 16.6 Å². The van der Waals surface area contributed by atoms with Crippen LogP contribution >= 0.6 is 15.9 Å². The Morgan fingerprint density at radius 2 is 2.10 bits per heavy atom. The summed E-state index contributed by atoms with van der Waals surface area (Å²) in [4.78, 5) is 0. The van der Waals surface area contributed by atoms with E-state index in [9.17, 15) is 10.2 Å². The molecule has 112 valence electrons. The van der Waals surface area contributed by atoms with Gasteiger partial charge in [0.2, 0.25) is 0 Å². The van der Waals surface area contributed by atoms with Crippen molar-refractivity contribution in [2.24, 2.45) is 0 Å². The topological polar surface area (TPSA) is 61.7 Å². The third kappa shape index (κ3) is 4.45. The number of aliphatic hydroxyl groups is 2. The van der Waals surface area contributed by atoms with Gasteiger partial charge in [-0.05, 0) is 31.0 Å². The van der Waals surface area contributed by atoms with E-state index in [1.165, 1.54) is 0 Å². The van der Waals surface area contributed by atoms with Gasteiger partial charge in [-0.25, -0.2) is 0 Å². The first-order chi connectivity index (χ1) is 9.63. The van der Waals surface area contributed by atoms with Crippen LogP contribution in [-0.4, -0.2) is 41.6 Å². The van der Waals surface area contributed by atoms with Crippen molar-refractivity contribution in [3.05, 3.63) is 28.7 Å². The molecule has 1 fully saturated rings. The molecule has 0 amide bonds. The summed E-state index contributed by atoms with van der Waals surface area (Å²) in [6.45, 7) is 0.811. The van der Waals surface area contributed by atoms with Crippen molar-refractivity contribution in [3.63, 3.8) is 0 Å². The second kappa shape index (κ2) is 7.41. The second-order valence-corrected chi connectivity index (χ2v) is 6.36. The van der Waals surface area contributed by atoms with Gasteiger partial charge in [0.15, 0.2) is 0 Å². The van der Waals surface area contributed by atoms with E-state index < -0.39 is 6.10 Å². The second-order valence-electron chi connectivity index (χ2n) is 5.45. The number of benzene rings is 1. The van der Waals surface area contributed by atoms with Crippen LogP contribution in [0.15, 0.2) is 28.7 Å². The first kappa shape index (κ1) is 15.8. The van der Waals surface area contributed by atoms with Crippen LogP contribution in [0.3, 0.4) is 0 Å². The summed E-state index contributed by atoms with van der Waals surface area (Å²) in [5.74, 6) is 0.733. The molecule has 1 aromatic carbocycles. The quantitative estimate of drug-likeness (QED) is 0.709. The molecule has 1 aliphatic rings. The van der Waals surface area contributed by atoms with E-state index in [1.54, 1.807) is 0 Å². The lowest BCUT2D eigenvalue weighted by atomic mass is 9.99. The zero-order valence-electron chi connectivity index (χ0n) is 11.5. The van der Waals surface area contributed by atoms with Crippen molar-refractivity contribution in [2.75, 3.05) is 19.8 Å². The maximum Gasteiger partial charge on any atom is 0.120 e. The van der Waals surface area contributed by atoms with Gasteiger partial charge in [-0.3, -0.25) is 0 Å². The molecule has 1 atom stereocenters. The third-order valence-corrected chi connectivity index (χ3v) is 4.31. The average molecular weight is 344 g/mol. The van der Waals surface area contributed by atoms with E-state index in [0.717, 1.165) is 35.9 Å². The van der Waals surface area contributed by atoms with Crippen LogP contribution in [0.25, 0.3) is 0 Å². The molecule has 3 N–H and O–H groups in total. The standard InChI is InChI=1S/C15H22BrNO3/c16-12-4-3-5-14(8-12)20-10-13(19)9-17-15(11-18)6-1-2-7-15/h3-5,8,13,17-19H,1-2,6-7,9-11H2. The Hall–Kier alpha value is -0.620. The Balaban J connectivity index is 1.74. The molecule has 1 aromatic rings. The summed E-state index contributed by atoms with van der Waals surface area (Å²) in [6.07, 6.45) is 3.64. The van der Waals surface area contributed by atoms with Crippen LogP contribution in [0.4, 0.5) is 0 Å². The Morgan fingerprint density at radius 3 is 2.75 bits per heavy atom. The number of hydrogen-bond donors (Lipinski definition) is 3. The zero-order valence-corrected chi connectivity index (χ0v) is 13.1. The summed E-state index contributed by atoms with van der Waals surface area (Å²) in [6, 6.07) is 7.54. The lowest BCUT2D eigenvalue weighted by molar-refractivity contribution is 0.0849. The SMILES string of the molecule is OCC1(NCC(O)COc2cccc(Br)c2)CCCC1. The van der Waals surface area contributed by atoms with Crippen LogP contribution in [0, 0.1) is 0 Å². The number of ether oxygens (including phenoxy) is 1. The fourth-order valence-corrected chi connectivity index (χ4v) is 2.96. The minimum Gasteiger partial charge on any atom is -0.491 e. The minimum absolute atomic E-state index is 0.131. The van der Waals surface area contributed by atoms with E-state index in [0.29, 0.717) is 6.54 Å². The van der Waals surface area contributed by atoms with Crippen molar-refractivity contribution in [2.45, 2.75) is 37.3 Å². The molecule has 0 aromatic heterocycles. The number of nitrogens with one attached hydrogen (secondary N) is 1. The molecule has 0 spiro atoms. The molecule has 0 bridgehead atoms. The molecule has 5 heteroatoms. The molecule has 20 heavy (non-hydrogen) atoms. The number of β-amino-alcohol motifs (C(OH)–C–C–N with tert-alkyl or cyclic N) is 1. The number of aliphatic hydroxyl groups excluding tert-OH is 2. The van der Waals surface area contributed by atoms with Crippen molar-refractivity contribution in [1.29, 1.82) is 0 Å². The minimum atomic E-state index is -0.585. The zero-order chi connectivity index (χ0) is 14.4.